The molecule has 0 bridgehead atoms. The van der Waals surface area contributed by atoms with Gasteiger partial charge in [0.25, 0.3) is 0 Å². The fourth-order valence-electron chi connectivity index (χ4n) is 5.17. The van der Waals surface area contributed by atoms with Crippen molar-refractivity contribution in [3.05, 3.63) is 22.7 Å². The molecule has 3 rings (SSSR count). The quantitative estimate of drug-likeness (QED) is 0.138. The normalized spacial score (nSPS) is 21.9. The number of nitrogen functional groups attached to an aromatic ring is 1. The Hall–Kier alpha value is -1.26. The van der Waals surface area contributed by atoms with Crippen LogP contribution in [0.3, 0.4) is 0 Å². The number of rotatable bonds is 21. The second kappa shape index (κ2) is 17.6. The summed E-state index contributed by atoms with van der Waals surface area (Å²) < 4.78 is 55.1. The van der Waals surface area contributed by atoms with E-state index in [0.29, 0.717) is 6.42 Å². The Labute approximate surface area is 240 Å². The summed E-state index contributed by atoms with van der Waals surface area (Å²) in [5.41, 5.74) is 4.99. The van der Waals surface area contributed by atoms with Crippen LogP contribution < -0.4 is 11.4 Å². The lowest BCUT2D eigenvalue weighted by Crippen LogP contribution is -2.35. The molecule has 12 heteroatoms. The molecule has 0 aromatic carbocycles. The molecule has 2 heterocycles. The SMILES string of the molecule is Nc1ccn(C[C@H]2COP(=O)(OCCCS(=O)(=O)CCCCCCCCCCCCCC3CCC3)CO2)c(=O)n1. The minimum atomic E-state index is -3.45. The zero-order chi connectivity index (χ0) is 28.7. The van der Waals surface area contributed by atoms with E-state index in [1.165, 1.54) is 93.9 Å². The van der Waals surface area contributed by atoms with Crippen LogP contribution in [-0.4, -0.2) is 55.1 Å². The van der Waals surface area contributed by atoms with Gasteiger partial charge in [-0.05, 0) is 24.8 Å². The molecule has 0 radical (unpaired) electrons. The minimum Gasteiger partial charge on any atom is -0.383 e. The maximum absolute atomic E-state index is 12.7. The molecule has 10 nitrogen and oxygen atoms in total. The Balaban J connectivity index is 1.13. The van der Waals surface area contributed by atoms with Crippen LogP contribution in [0.25, 0.3) is 0 Å². The van der Waals surface area contributed by atoms with Crippen molar-refractivity contribution in [3.8, 4) is 0 Å². The molecule has 2 N–H and O–H groups in total. The first-order valence-electron chi connectivity index (χ1n) is 15.3. The number of nitrogens with zero attached hydrogens (tertiary/aromatic N) is 2. The minimum absolute atomic E-state index is 0.00416. The molecule has 1 aromatic rings. The average Bonchev–Trinajstić information content (AvgIpc) is 2.89. The maximum atomic E-state index is 12.7. The third kappa shape index (κ3) is 13.1. The van der Waals surface area contributed by atoms with E-state index in [0.717, 1.165) is 18.8 Å². The standard InChI is InChI=1S/C28H50N3O7PS/c29-27-17-18-31(28(32)30-27)22-26-23-38-39(33,24-36-26)37-19-13-21-40(34,35)20-11-9-7-5-3-1-2-4-6-8-10-14-25-15-12-16-25/h17-18,25-26H,1-16,19-24H2,(H2,29,30,32)/t26-,39?/m0/s1. The number of anilines is 1. The summed E-state index contributed by atoms with van der Waals surface area (Å²) >= 11 is 0. The highest BCUT2D eigenvalue weighted by Gasteiger charge is 2.33. The van der Waals surface area contributed by atoms with Gasteiger partial charge >= 0.3 is 13.3 Å². The van der Waals surface area contributed by atoms with Gasteiger partial charge in [0.15, 0.2) is 0 Å². The first kappa shape index (κ1) is 33.2. The van der Waals surface area contributed by atoms with Gasteiger partial charge in [-0.25, -0.2) is 13.2 Å². The third-order valence-electron chi connectivity index (χ3n) is 7.90. The number of ether oxygens (including phenoxy) is 1. The molecule has 0 amide bonds. The summed E-state index contributed by atoms with van der Waals surface area (Å²) in [5.74, 6) is 1.37. The van der Waals surface area contributed by atoms with Gasteiger partial charge in [0.2, 0.25) is 0 Å². The van der Waals surface area contributed by atoms with E-state index in [4.69, 9.17) is 19.5 Å². The van der Waals surface area contributed by atoms with Gasteiger partial charge in [0.05, 0.1) is 31.3 Å². The van der Waals surface area contributed by atoms with Crippen LogP contribution in [0, 0.1) is 5.92 Å². The van der Waals surface area contributed by atoms with Crippen LogP contribution >= 0.6 is 7.60 Å². The van der Waals surface area contributed by atoms with Crippen molar-refractivity contribution < 1.29 is 26.8 Å². The van der Waals surface area contributed by atoms with Gasteiger partial charge in [0.1, 0.15) is 28.1 Å². The van der Waals surface area contributed by atoms with Crippen LogP contribution in [0.4, 0.5) is 5.82 Å². The van der Waals surface area contributed by atoms with Crippen molar-refractivity contribution >= 4 is 23.3 Å². The Morgan fingerprint density at radius 1 is 0.975 bits per heavy atom. The molecular weight excluding hydrogens is 553 g/mol. The lowest BCUT2D eigenvalue weighted by Gasteiger charge is -2.29. The van der Waals surface area contributed by atoms with E-state index in [-0.39, 0.29) is 49.9 Å². The highest BCUT2D eigenvalue weighted by atomic mass is 32.2. The Morgan fingerprint density at radius 3 is 2.17 bits per heavy atom. The molecule has 1 aliphatic carbocycles. The fraction of sp³-hybridized carbons (Fsp3) is 0.857. The van der Waals surface area contributed by atoms with Crippen LogP contribution in [0.1, 0.15) is 103 Å². The Morgan fingerprint density at radius 2 is 1.60 bits per heavy atom. The molecule has 1 aromatic heterocycles. The van der Waals surface area contributed by atoms with E-state index in [1.54, 1.807) is 0 Å². The van der Waals surface area contributed by atoms with Crippen molar-refractivity contribution in [2.75, 3.05) is 36.8 Å². The molecule has 2 fully saturated rings. The van der Waals surface area contributed by atoms with E-state index in [2.05, 4.69) is 4.98 Å². The smallest absolute Gasteiger partial charge is 0.356 e. The third-order valence-corrected chi connectivity index (χ3v) is 11.3. The van der Waals surface area contributed by atoms with Crippen molar-refractivity contribution in [3.63, 3.8) is 0 Å². The van der Waals surface area contributed by atoms with Gasteiger partial charge in [0, 0.05) is 6.20 Å². The molecule has 1 saturated heterocycles. The van der Waals surface area contributed by atoms with Crippen molar-refractivity contribution in [1.29, 1.82) is 0 Å². The van der Waals surface area contributed by atoms with E-state index in [1.807, 2.05) is 0 Å². The second-order valence-electron chi connectivity index (χ2n) is 11.4. The molecule has 40 heavy (non-hydrogen) atoms. The van der Waals surface area contributed by atoms with Gasteiger partial charge in [-0.1, -0.05) is 89.9 Å². The van der Waals surface area contributed by atoms with E-state index >= 15 is 0 Å². The first-order valence-corrected chi connectivity index (χ1v) is 18.8. The molecule has 1 unspecified atom stereocenters. The summed E-state index contributed by atoms with van der Waals surface area (Å²) in [6, 6.07) is 1.51. The number of sulfone groups is 1. The number of unbranched alkanes of at least 4 members (excludes halogenated alkanes) is 10. The topological polar surface area (TPSA) is 140 Å². The fourth-order valence-corrected chi connectivity index (χ4v) is 7.99. The van der Waals surface area contributed by atoms with Gasteiger partial charge in [-0.2, -0.15) is 4.98 Å². The van der Waals surface area contributed by atoms with Crippen LogP contribution in [0.2, 0.25) is 0 Å². The summed E-state index contributed by atoms with van der Waals surface area (Å²) in [7, 11) is -6.61. The van der Waals surface area contributed by atoms with Crippen molar-refractivity contribution in [2.45, 2.75) is 115 Å². The summed E-state index contributed by atoms with van der Waals surface area (Å²) in [6.07, 6.45) is 20.2. The Kier molecular flexibility index (Phi) is 14.7. The number of nitrogens with two attached hydrogens (primary N) is 1. The first-order chi connectivity index (χ1) is 19.2. The lowest BCUT2D eigenvalue weighted by molar-refractivity contribution is -0.0144. The molecular formula is C28H50N3O7PS. The molecule has 2 atom stereocenters. The largest absolute Gasteiger partial charge is 0.383 e. The zero-order valence-electron chi connectivity index (χ0n) is 24.1. The van der Waals surface area contributed by atoms with Crippen LogP contribution in [0.5, 0.6) is 0 Å². The second-order valence-corrected chi connectivity index (χ2v) is 15.7. The number of hydrogen-bond acceptors (Lipinski definition) is 9. The molecule has 2 aliphatic rings. The average molecular weight is 604 g/mol. The molecule has 1 aliphatic heterocycles. The summed E-state index contributed by atoms with van der Waals surface area (Å²) in [5, 5.41) is 0. The van der Waals surface area contributed by atoms with Gasteiger partial charge < -0.3 is 19.5 Å². The zero-order valence-corrected chi connectivity index (χ0v) is 25.8. The van der Waals surface area contributed by atoms with Crippen LogP contribution in [-0.2, 0) is 34.7 Å². The number of hydrogen-bond donors (Lipinski definition) is 1. The Bertz CT molecular complexity index is 1070. The predicted molar refractivity (Wildman–Crippen MR) is 158 cm³/mol. The highest BCUT2D eigenvalue weighted by molar-refractivity contribution is 7.91. The van der Waals surface area contributed by atoms with E-state index in [9.17, 15) is 17.8 Å². The molecule has 0 spiro atoms. The van der Waals surface area contributed by atoms with Gasteiger partial charge in [-0.3, -0.25) is 9.13 Å². The van der Waals surface area contributed by atoms with Crippen molar-refractivity contribution in [2.24, 2.45) is 5.92 Å². The van der Waals surface area contributed by atoms with Crippen LogP contribution in [0.15, 0.2) is 17.1 Å². The molecule has 230 valence electrons. The lowest BCUT2D eigenvalue weighted by atomic mass is 9.81. The number of aromatic nitrogens is 2. The van der Waals surface area contributed by atoms with Gasteiger partial charge in [-0.15, -0.1) is 0 Å². The maximum Gasteiger partial charge on any atom is 0.356 e. The monoisotopic (exact) mass is 603 g/mol. The van der Waals surface area contributed by atoms with E-state index < -0.39 is 29.2 Å². The predicted octanol–water partition coefficient (Wildman–Crippen LogP) is 5.69. The molecule has 1 saturated carbocycles. The van der Waals surface area contributed by atoms with Crippen molar-refractivity contribution in [1.82, 2.24) is 9.55 Å². The summed E-state index contributed by atoms with van der Waals surface area (Å²) in [6.45, 7) is 0.198. The summed E-state index contributed by atoms with van der Waals surface area (Å²) in [4.78, 5) is 15.5. The highest BCUT2D eigenvalue weighted by Crippen LogP contribution is 2.51.